The number of benzene rings is 1. The summed E-state index contributed by atoms with van der Waals surface area (Å²) in [7, 11) is 3.40. The van der Waals surface area contributed by atoms with Gasteiger partial charge in [-0.1, -0.05) is 40.6 Å². The highest BCUT2D eigenvalue weighted by molar-refractivity contribution is 8.76. The highest BCUT2D eigenvalue weighted by atomic mass is 33.1. The molecule has 4 heteroatoms. The minimum absolute atomic E-state index is 0.0114. The molecule has 1 aromatic rings. The Bertz CT molecular complexity index is 328. The van der Waals surface area contributed by atoms with Crippen LogP contribution >= 0.6 is 21.6 Å². The molecule has 0 heterocycles. The van der Waals surface area contributed by atoms with Gasteiger partial charge in [-0.2, -0.15) is 0 Å². The predicted octanol–water partition coefficient (Wildman–Crippen LogP) is 3.20. The molecule has 1 rings (SSSR count). The fourth-order valence-electron chi connectivity index (χ4n) is 1.11. The lowest BCUT2D eigenvalue weighted by Crippen LogP contribution is -2.23. The van der Waals surface area contributed by atoms with Crippen LogP contribution in [-0.4, -0.2) is 18.2 Å². The maximum atomic E-state index is 11.7. The third-order valence-corrected chi connectivity index (χ3v) is 4.22. The summed E-state index contributed by atoms with van der Waals surface area (Å²) in [6, 6.07) is 7.70. The van der Waals surface area contributed by atoms with E-state index in [0.29, 0.717) is 6.54 Å². The molecule has 1 aromatic carbocycles. The Morgan fingerprint density at radius 2 is 2.07 bits per heavy atom. The van der Waals surface area contributed by atoms with Gasteiger partial charge in [0.05, 0.1) is 5.56 Å². The summed E-state index contributed by atoms with van der Waals surface area (Å²) < 4.78 is 0. The van der Waals surface area contributed by atoms with Gasteiger partial charge in [0.1, 0.15) is 0 Å². The third-order valence-electron chi connectivity index (χ3n) is 1.74. The quantitative estimate of drug-likeness (QED) is 0.803. The second-order valence-electron chi connectivity index (χ2n) is 2.85. The largest absolute Gasteiger partial charge is 0.352 e. The van der Waals surface area contributed by atoms with Crippen molar-refractivity contribution < 1.29 is 4.79 Å². The Kier molecular flexibility index (Phi) is 5.65. The van der Waals surface area contributed by atoms with E-state index in [-0.39, 0.29) is 5.91 Å². The lowest BCUT2D eigenvalue weighted by atomic mass is 10.2. The van der Waals surface area contributed by atoms with Gasteiger partial charge in [0.25, 0.3) is 5.91 Å². The number of hydrogen-bond acceptors (Lipinski definition) is 3. The zero-order valence-corrected chi connectivity index (χ0v) is 10.6. The fraction of sp³-hybridized carbons (Fsp3) is 0.364. The molecule has 0 unspecified atom stereocenters. The molecule has 0 aliphatic heterocycles. The maximum Gasteiger partial charge on any atom is 0.252 e. The van der Waals surface area contributed by atoms with Crippen molar-refractivity contribution in [3.05, 3.63) is 29.8 Å². The lowest BCUT2D eigenvalue weighted by molar-refractivity contribution is 0.0953. The van der Waals surface area contributed by atoms with Crippen LogP contribution in [0.3, 0.4) is 0 Å². The van der Waals surface area contributed by atoms with Gasteiger partial charge in [-0.15, -0.1) is 0 Å². The van der Waals surface area contributed by atoms with Crippen LogP contribution in [-0.2, 0) is 0 Å². The van der Waals surface area contributed by atoms with Crippen LogP contribution in [0, 0.1) is 0 Å². The average molecular weight is 241 g/mol. The summed E-state index contributed by atoms with van der Waals surface area (Å²) in [4.78, 5) is 12.7. The van der Waals surface area contributed by atoms with E-state index in [1.54, 1.807) is 21.6 Å². The molecule has 82 valence electrons. The molecule has 1 amide bonds. The molecule has 0 aliphatic carbocycles. The summed E-state index contributed by atoms with van der Waals surface area (Å²) >= 11 is 0. The Balaban J connectivity index is 2.80. The normalized spacial score (nSPS) is 10.0. The SMILES string of the molecule is CCNC(=O)c1ccccc1SSCC. The van der Waals surface area contributed by atoms with Crippen LogP contribution in [0.5, 0.6) is 0 Å². The molecule has 0 saturated heterocycles. The Hall–Kier alpha value is -0.610. The molecule has 0 spiro atoms. The van der Waals surface area contributed by atoms with Gasteiger partial charge in [-0.25, -0.2) is 0 Å². The van der Waals surface area contributed by atoms with Crippen LogP contribution in [0.4, 0.5) is 0 Å². The van der Waals surface area contributed by atoms with Gasteiger partial charge in [0.2, 0.25) is 0 Å². The molecule has 0 atom stereocenters. The van der Waals surface area contributed by atoms with E-state index in [1.807, 2.05) is 31.2 Å². The van der Waals surface area contributed by atoms with Gasteiger partial charge in [-0.05, 0) is 19.1 Å². The van der Waals surface area contributed by atoms with E-state index < -0.39 is 0 Å². The topological polar surface area (TPSA) is 29.1 Å². The average Bonchev–Trinajstić information content (AvgIpc) is 2.27. The van der Waals surface area contributed by atoms with Gasteiger partial charge >= 0.3 is 0 Å². The summed E-state index contributed by atoms with van der Waals surface area (Å²) in [5.74, 6) is 1.05. The molecule has 1 N–H and O–H groups in total. The van der Waals surface area contributed by atoms with Crippen LogP contribution in [0.2, 0.25) is 0 Å². The Morgan fingerprint density at radius 3 is 2.73 bits per heavy atom. The van der Waals surface area contributed by atoms with Crippen LogP contribution in [0.25, 0.3) is 0 Å². The van der Waals surface area contributed by atoms with Crippen LogP contribution < -0.4 is 5.32 Å². The van der Waals surface area contributed by atoms with Gasteiger partial charge in [-0.3, -0.25) is 4.79 Å². The highest BCUT2D eigenvalue weighted by Gasteiger charge is 2.09. The van der Waals surface area contributed by atoms with E-state index in [9.17, 15) is 4.79 Å². The Morgan fingerprint density at radius 1 is 1.33 bits per heavy atom. The van der Waals surface area contributed by atoms with Crippen molar-refractivity contribution >= 4 is 27.5 Å². The van der Waals surface area contributed by atoms with Gasteiger partial charge < -0.3 is 5.32 Å². The van der Waals surface area contributed by atoms with E-state index in [0.717, 1.165) is 16.2 Å². The number of nitrogens with one attached hydrogen (secondary N) is 1. The van der Waals surface area contributed by atoms with Crippen molar-refractivity contribution in [2.45, 2.75) is 18.7 Å². The second kappa shape index (κ2) is 6.80. The summed E-state index contributed by atoms with van der Waals surface area (Å²) in [5, 5.41) is 2.82. The number of amides is 1. The molecule has 0 saturated carbocycles. The number of carbonyl (C=O) groups excluding carboxylic acids is 1. The molecule has 15 heavy (non-hydrogen) atoms. The van der Waals surface area contributed by atoms with Crippen molar-refractivity contribution in [2.75, 3.05) is 12.3 Å². The van der Waals surface area contributed by atoms with Gasteiger partial charge in [0.15, 0.2) is 0 Å². The van der Waals surface area contributed by atoms with E-state index in [2.05, 4.69) is 12.2 Å². The molecule has 2 nitrogen and oxygen atoms in total. The first-order valence-electron chi connectivity index (χ1n) is 4.96. The minimum Gasteiger partial charge on any atom is -0.352 e. The summed E-state index contributed by atoms with van der Waals surface area (Å²) in [5.41, 5.74) is 0.769. The van der Waals surface area contributed by atoms with E-state index in [4.69, 9.17) is 0 Å². The first-order chi connectivity index (χ1) is 7.29. The van der Waals surface area contributed by atoms with E-state index >= 15 is 0 Å². The lowest BCUT2D eigenvalue weighted by Gasteiger charge is -2.07. The molecular weight excluding hydrogens is 226 g/mol. The predicted molar refractivity (Wildman–Crippen MR) is 68.4 cm³/mol. The van der Waals surface area contributed by atoms with Gasteiger partial charge in [0, 0.05) is 17.2 Å². The smallest absolute Gasteiger partial charge is 0.252 e. The first-order valence-corrected chi connectivity index (χ1v) is 7.28. The molecular formula is C11H15NOS2. The second-order valence-corrected chi connectivity index (χ2v) is 5.47. The van der Waals surface area contributed by atoms with Crippen molar-refractivity contribution in [3.8, 4) is 0 Å². The Labute approximate surface area is 98.6 Å². The van der Waals surface area contributed by atoms with Crippen molar-refractivity contribution in [1.82, 2.24) is 5.32 Å². The number of rotatable bonds is 5. The molecule has 0 aliphatic rings. The zero-order valence-electron chi connectivity index (χ0n) is 8.95. The first kappa shape index (κ1) is 12.5. The standard InChI is InChI=1S/C11H15NOS2/c1-3-12-11(13)9-7-5-6-8-10(9)15-14-4-2/h5-8H,3-4H2,1-2H3,(H,12,13). The summed E-state index contributed by atoms with van der Waals surface area (Å²) in [6.45, 7) is 4.69. The fourth-order valence-corrected chi connectivity index (χ4v) is 2.91. The van der Waals surface area contributed by atoms with Crippen molar-refractivity contribution in [2.24, 2.45) is 0 Å². The molecule has 0 aromatic heterocycles. The maximum absolute atomic E-state index is 11.7. The highest BCUT2D eigenvalue weighted by Crippen LogP contribution is 2.32. The number of carbonyl (C=O) groups is 1. The molecule has 0 bridgehead atoms. The molecule has 0 fully saturated rings. The van der Waals surface area contributed by atoms with Crippen LogP contribution in [0.1, 0.15) is 24.2 Å². The third kappa shape index (κ3) is 3.80. The zero-order chi connectivity index (χ0) is 11.1. The summed E-state index contributed by atoms with van der Waals surface area (Å²) in [6.07, 6.45) is 0. The van der Waals surface area contributed by atoms with Crippen LogP contribution in [0.15, 0.2) is 29.2 Å². The molecule has 0 radical (unpaired) electrons. The van der Waals surface area contributed by atoms with E-state index in [1.165, 1.54) is 0 Å². The minimum atomic E-state index is 0.0114. The number of hydrogen-bond donors (Lipinski definition) is 1. The van der Waals surface area contributed by atoms with Crippen molar-refractivity contribution in [1.29, 1.82) is 0 Å². The monoisotopic (exact) mass is 241 g/mol. The van der Waals surface area contributed by atoms with Crippen molar-refractivity contribution in [3.63, 3.8) is 0 Å².